The minimum atomic E-state index is 1.14. The van der Waals surface area contributed by atoms with E-state index in [0.29, 0.717) is 0 Å². The summed E-state index contributed by atoms with van der Waals surface area (Å²) in [4.78, 5) is 1.93. The van der Waals surface area contributed by atoms with Crippen LogP contribution in [0.2, 0.25) is 0 Å². The molecule has 90 valence electrons. The summed E-state index contributed by atoms with van der Waals surface area (Å²) in [6, 6.07) is 16.7. The van der Waals surface area contributed by atoms with Crippen LogP contribution in [0.5, 0.6) is 0 Å². The smallest absolute Gasteiger partial charge is 0.111 e. The van der Waals surface area contributed by atoms with Crippen molar-refractivity contribution in [3.8, 4) is 0 Å². The van der Waals surface area contributed by atoms with Crippen LogP contribution in [0, 0.1) is 0 Å². The summed E-state index contributed by atoms with van der Waals surface area (Å²) in [7, 11) is 3.94. The molecule has 0 atom stereocenters. The van der Waals surface area contributed by atoms with Crippen molar-refractivity contribution in [3.63, 3.8) is 0 Å². The molecular weight excluding hydrogens is 222 g/mol. The molecule has 0 aliphatic carbocycles. The third kappa shape index (κ3) is 1.64. The summed E-state index contributed by atoms with van der Waals surface area (Å²) in [6.45, 7) is 0. The predicted molar refractivity (Wildman–Crippen MR) is 77.0 cm³/mol. The Kier molecular flexibility index (Phi) is 2.52. The molecule has 0 radical (unpaired) electrons. The van der Waals surface area contributed by atoms with Gasteiger partial charge in [-0.2, -0.15) is 5.10 Å². The van der Waals surface area contributed by atoms with Crippen molar-refractivity contribution in [2.45, 2.75) is 0 Å². The van der Waals surface area contributed by atoms with E-state index in [9.17, 15) is 0 Å². The van der Waals surface area contributed by atoms with Gasteiger partial charge in [0.25, 0.3) is 0 Å². The Morgan fingerprint density at radius 1 is 0.889 bits per heavy atom. The van der Waals surface area contributed by atoms with Gasteiger partial charge in [0, 0.05) is 24.9 Å². The fourth-order valence-corrected chi connectivity index (χ4v) is 2.18. The number of nitrogens with zero attached hydrogens (tertiary/aromatic N) is 3. The van der Waals surface area contributed by atoms with Gasteiger partial charge < -0.3 is 4.90 Å². The topological polar surface area (TPSA) is 20.5 Å². The Labute approximate surface area is 106 Å². The van der Waals surface area contributed by atoms with Gasteiger partial charge in [-0.15, -0.1) is 0 Å². The highest BCUT2D eigenvalue weighted by Crippen LogP contribution is 2.28. The van der Waals surface area contributed by atoms with E-state index in [2.05, 4.69) is 41.5 Å². The van der Waals surface area contributed by atoms with E-state index in [1.165, 1.54) is 10.8 Å². The van der Waals surface area contributed by atoms with Crippen LogP contribution in [0.25, 0.3) is 21.8 Å². The zero-order chi connectivity index (χ0) is 12.5. The average Bonchev–Trinajstić information content (AvgIpc) is 2.71. The highest BCUT2D eigenvalue weighted by Gasteiger charge is 2.07. The molecule has 1 aromatic heterocycles. The Balaban J connectivity index is 2.38. The highest BCUT2D eigenvalue weighted by molar-refractivity contribution is 6.08. The first-order valence-electron chi connectivity index (χ1n) is 5.96. The van der Waals surface area contributed by atoms with E-state index < -0.39 is 0 Å². The predicted octanol–water partition coefficient (Wildman–Crippen LogP) is 3.15. The Bertz CT molecular complexity index is 670. The van der Waals surface area contributed by atoms with Gasteiger partial charge in [0.1, 0.15) is 6.34 Å². The van der Waals surface area contributed by atoms with Gasteiger partial charge in [-0.05, 0) is 12.1 Å². The lowest BCUT2D eigenvalue weighted by Gasteiger charge is -2.04. The molecule has 3 rings (SSSR count). The molecule has 3 aromatic rings. The molecule has 0 saturated heterocycles. The summed E-state index contributed by atoms with van der Waals surface area (Å²) >= 11 is 0. The molecule has 18 heavy (non-hydrogen) atoms. The lowest BCUT2D eigenvalue weighted by molar-refractivity contribution is 0.635. The molecule has 0 aliphatic heterocycles. The summed E-state index contributed by atoms with van der Waals surface area (Å²) < 4.78 is 1.99. The second-order valence-electron chi connectivity index (χ2n) is 4.54. The number of benzene rings is 2. The molecule has 0 spiro atoms. The van der Waals surface area contributed by atoms with Crippen LogP contribution in [-0.2, 0) is 0 Å². The fraction of sp³-hybridized carbons (Fsp3) is 0.133. The van der Waals surface area contributed by atoms with E-state index in [0.717, 1.165) is 11.0 Å². The van der Waals surface area contributed by atoms with Crippen molar-refractivity contribution < 1.29 is 0 Å². The van der Waals surface area contributed by atoms with E-state index in [-0.39, 0.29) is 0 Å². The first kappa shape index (κ1) is 10.8. The van der Waals surface area contributed by atoms with Gasteiger partial charge in [-0.3, -0.25) is 0 Å². The van der Waals surface area contributed by atoms with Gasteiger partial charge in [-0.1, -0.05) is 36.4 Å². The quantitative estimate of drug-likeness (QED) is 0.495. The molecule has 0 amide bonds. The molecule has 0 N–H and O–H groups in total. The lowest BCUT2D eigenvalue weighted by atomic mass is 10.2. The van der Waals surface area contributed by atoms with Crippen LogP contribution in [0.4, 0.5) is 0 Å². The van der Waals surface area contributed by atoms with Gasteiger partial charge in [0.2, 0.25) is 0 Å². The normalized spacial score (nSPS) is 11.7. The van der Waals surface area contributed by atoms with Crippen LogP contribution in [0.3, 0.4) is 0 Å². The van der Waals surface area contributed by atoms with E-state index in [1.54, 1.807) is 0 Å². The van der Waals surface area contributed by atoms with Crippen molar-refractivity contribution in [2.24, 2.45) is 5.10 Å². The number of aromatic nitrogens is 1. The molecular formula is C15H15N3. The third-order valence-electron chi connectivity index (χ3n) is 2.95. The minimum Gasteiger partial charge on any atom is -0.367 e. The monoisotopic (exact) mass is 237 g/mol. The Morgan fingerprint density at radius 2 is 1.39 bits per heavy atom. The molecule has 0 saturated carbocycles. The van der Waals surface area contributed by atoms with Gasteiger partial charge >= 0.3 is 0 Å². The van der Waals surface area contributed by atoms with E-state index in [1.807, 2.05) is 42.1 Å². The van der Waals surface area contributed by atoms with Crippen LogP contribution in [0.15, 0.2) is 53.6 Å². The number of fused-ring (bicyclic) bond motifs is 3. The standard InChI is InChI=1S/C15H15N3/c1-17(2)11-16-18-14-9-5-3-7-12(14)13-8-4-6-10-15(13)18/h3-11H,1-2H3/b16-11+. The average molecular weight is 237 g/mol. The largest absolute Gasteiger partial charge is 0.367 e. The molecule has 0 unspecified atom stereocenters. The number of hydrogen-bond donors (Lipinski definition) is 0. The minimum absolute atomic E-state index is 1.14. The number of rotatable bonds is 2. The molecule has 0 bridgehead atoms. The summed E-state index contributed by atoms with van der Waals surface area (Å²) in [6.07, 6.45) is 1.82. The van der Waals surface area contributed by atoms with Crippen molar-refractivity contribution >= 4 is 28.1 Å². The van der Waals surface area contributed by atoms with Crippen molar-refractivity contribution in [2.75, 3.05) is 14.1 Å². The fourth-order valence-electron chi connectivity index (χ4n) is 2.18. The Hall–Kier alpha value is -2.29. The maximum absolute atomic E-state index is 4.54. The molecule has 3 nitrogen and oxygen atoms in total. The zero-order valence-corrected chi connectivity index (χ0v) is 10.5. The summed E-state index contributed by atoms with van der Waals surface area (Å²) in [5, 5.41) is 7.02. The molecule has 1 heterocycles. The second-order valence-corrected chi connectivity index (χ2v) is 4.54. The second kappa shape index (κ2) is 4.18. The molecule has 0 fully saturated rings. The van der Waals surface area contributed by atoms with Crippen molar-refractivity contribution in [1.82, 2.24) is 9.58 Å². The maximum atomic E-state index is 4.54. The van der Waals surface area contributed by atoms with Crippen molar-refractivity contribution in [1.29, 1.82) is 0 Å². The molecule has 2 aromatic carbocycles. The zero-order valence-electron chi connectivity index (χ0n) is 10.5. The third-order valence-corrected chi connectivity index (χ3v) is 2.95. The van der Waals surface area contributed by atoms with Crippen molar-refractivity contribution in [3.05, 3.63) is 48.5 Å². The first-order valence-corrected chi connectivity index (χ1v) is 5.96. The van der Waals surface area contributed by atoms with Gasteiger partial charge in [-0.25, -0.2) is 4.68 Å². The van der Waals surface area contributed by atoms with Crippen LogP contribution in [0.1, 0.15) is 0 Å². The van der Waals surface area contributed by atoms with Crippen LogP contribution in [-0.4, -0.2) is 30.0 Å². The summed E-state index contributed by atoms with van der Waals surface area (Å²) in [5.74, 6) is 0. The molecule has 3 heteroatoms. The first-order chi connectivity index (χ1) is 8.77. The lowest BCUT2D eigenvalue weighted by Crippen LogP contribution is -2.09. The van der Waals surface area contributed by atoms with Crippen LogP contribution < -0.4 is 0 Å². The van der Waals surface area contributed by atoms with Gasteiger partial charge in [0.15, 0.2) is 0 Å². The number of para-hydroxylation sites is 2. The number of hydrogen-bond acceptors (Lipinski definition) is 1. The SMILES string of the molecule is CN(C)/C=N/n1c2ccccc2c2ccccc21. The highest BCUT2D eigenvalue weighted by atomic mass is 15.4. The van der Waals surface area contributed by atoms with Gasteiger partial charge in [0.05, 0.1) is 11.0 Å². The Morgan fingerprint density at radius 3 is 1.89 bits per heavy atom. The van der Waals surface area contributed by atoms with E-state index in [4.69, 9.17) is 0 Å². The molecule has 0 aliphatic rings. The van der Waals surface area contributed by atoms with E-state index >= 15 is 0 Å². The van der Waals surface area contributed by atoms with Crippen LogP contribution >= 0.6 is 0 Å². The summed E-state index contributed by atoms with van der Waals surface area (Å²) in [5.41, 5.74) is 2.27. The maximum Gasteiger partial charge on any atom is 0.111 e.